The van der Waals surface area contributed by atoms with Crippen molar-refractivity contribution < 1.29 is 4.79 Å². The van der Waals surface area contributed by atoms with E-state index in [4.69, 9.17) is 0 Å². The van der Waals surface area contributed by atoms with Crippen LogP contribution in [0.4, 0.5) is 5.69 Å². The number of aryl methyl sites for hydroxylation is 1. The van der Waals surface area contributed by atoms with Crippen LogP contribution in [0.2, 0.25) is 0 Å². The van der Waals surface area contributed by atoms with E-state index in [-0.39, 0.29) is 11.9 Å². The molecule has 1 N–H and O–H groups in total. The molecular formula is C20H20N4OS. The molecular weight excluding hydrogens is 344 g/mol. The molecule has 3 aromatic rings. The minimum atomic E-state index is 0.0918. The molecule has 2 heterocycles. The number of fused-ring (bicyclic) bond motifs is 1. The van der Waals surface area contributed by atoms with E-state index in [2.05, 4.69) is 35.1 Å². The van der Waals surface area contributed by atoms with E-state index < -0.39 is 0 Å². The molecule has 1 aromatic heterocycles. The number of amides is 1. The predicted molar refractivity (Wildman–Crippen MR) is 104 cm³/mol. The van der Waals surface area contributed by atoms with Crippen LogP contribution >= 0.6 is 11.8 Å². The highest BCUT2D eigenvalue weighted by Gasteiger charge is 2.30. The molecule has 0 spiro atoms. The Balaban J connectivity index is 1.43. The Morgan fingerprint density at radius 2 is 2.00 bits per heavy atom. The lowest BCUT2D eigenvalue weighted by molar-refractivity contribution is -0.116. The van der Waals surface area contributed by atoms with Gasteiger partial charge < -0.3 is 4.90 Å². The van der Waals surface area contributed by atoms with Crippen LogP contribution in [-0.4, -0.2) is 32.9 Å². The largest absolute Gasteiger partial charge is 0.308 e. The maximum absolute atomic E-state index is 12.7. The molecule has 0 radical (unpaired) electrons. The number of carbonyl (C=O) groups excluding carboxylic acids is 1. The van der Waals surface area contributed by atoms with Crippen molar-refractivity contribution in [1.29, 1.82) is 0 Å². The number of nitrogens with one attached hydrogen (secondary N) is 1. The van der Waals surface area contributed by atoms with Gasteiger partial charge in [-0.25, -0.2) is 4.98 Å². The van der Waals surface area contributed by atoms with Crippen LogP contribution < -0.4 is 4.90 Å². The van der Waals surface area contributed by atoms with Gasteiger partial charge in [0.2, 0.25) is 11.1 Å². The Labute approximate surface area is 156 Å². The second kappa shape index (κ2) is 6.96. The average molecular weight is 364 g/mol. The van der Waals surface area contributed by atoms with E-state index in [1.54, 1.807) is 0 Å². The summed E-state index contributed by atoms with van der Waals surface area (Å²) in [6.07, 6.45) is 0.908. The lowest BCUT2D eigenvalue weighted by atomic mass is 10.1. The molecule has 0 fully saturated rings. The van der Waals surface area contributed by atoms with Crippen LogP contribution in [0.25, 0.3) is 11.4 Å². The van der Waals surface area contributed by atoms with Crippen molar-refractivity contribution in [3.63, 3.8) is 0 Å². The smallest absolute Gasteiger partial charge is 0.237 e. The number of H-pyrrole nitrogens is 1. The van der Waals surface area contributed by atoms with Gasteiger partial charge in [0.25, 0.3) is 0 Å². The first-order valence-corrected chi connectivity index (χ1v) is 9.62. The number of carbonyl (C=O) groups is 1. The molecule has 1 aliphatic rings. The monoisotopic (exact) mass is 364 g/mol. The Hall–Kier alpha value is -2.60. The molecule has 0 saturated heterocycles. The topological polar surface area (TPSA) is 61.9 Å². The third kappa shape index (κ3) is 3.24. The van der Waals surface area contributed by atoms with Crippen molar-refractivity contribution >= 4 is 23.4 Å². The van der Waals surface area contributed by atoms with Crippen LogP contribution in [0.15, 0.2) is 53.7 Å². The predicted octanol–water partition coefficient (Wildman–Crippen LogP) is 3.85. The Bertz CT molecular complexity index is 935. The van der Waals surface area contributed by atoms with E-state index in [9.17, 15) is 4.79 Å². The van der Waals surface area contributed by atoms with Gasteiger partial charge in [0.1, 0.15) is 0 Å². The van der Waals surface area contributed by atoms with Crippen molar-refractivity contribution in [2.75, 3.05) is 10.7 Å². The van der Waals surface area contributed by atoms with Crippen LogP contribution in [0.3, 0.4) is 0 Å². The molecule has 0 unspecified atom stereocenters. The van der Waals surface area contributed by atoms with E-state index in [1.165, 1.54) is 22.9 Å². The summed E-state index contributed by atoms with van der Waals surface area (Å²) in [7, 11) is 0. The number of anilines is 1. The molecule has 5 nitrogen and oxygen atoms in total. The van der Waals surface area contributed by atoms with Crippen LogP contribution in [-0.2, 0) is 11.2 Å². The molecule has 26 heavy (non-hydrogen) atoms. The molecule has 1 amide bonds. The van der Waals surface area contributed by atoms with Crippen molar-refractivity contribution in [2.45, 2.75) is 31.5 Å². The lowest BCUT2D eigenvalue weighted by Gasteiger charge is -2.22. The fourth-order valence-electron chi connectivity index (χ4n) is 3.29. The summed E-state index contributed by atoms with van der Waals surface area (Å²) >= 11 is 1.37. The third-order valence-corrected chi connectivity index (χ3v) is 5.42. The van der Waals surface area contributed by atoms with Crippen molar-refractivity contribution in [1.82, 2.24) is 15.2 Å². The fourth-order valence-corrected chi connectivity index (χ4v) is 3.95. The number of thioether (sulfide) groups is 1. The third-order valence-electron chi connectivity index (χ3n) is 4.59. The lowest BCUT2D eigenvalue weighted by Crippen LogP contribution is -2.36. The highest BCUT2D eigenvalue weighted by Crippen LogP contribution is 2.32. The zero-order chi connectivity index (χ0) is 18.1. The van der Waals surface area contributed by atoms with Crippen LogP contribution in [0.1, 0.15) is 18.1 Å². The number of hydrogen-bond acceptors (Lipinski definition) is 4. The van der Waals surface area contributed by atoms with Gasteiger partial charge >= 0.3 is 0 Å². The van der Waals surface area contributed by atoms with Gasteiger partial charge in [0, 0.05) is 17.3 Å². The standard InChI is InChI=1S/C20H20N4OS/c1-13-7-9-15(10-8-13)19-21-20(23-22-19)26-12-18(25)24-14(2)11-16-5-3-4-6-17(16)24/h3-10,14H,11-12H2,1-2H3,(H,21,22,23)/t14-/m1/s1. The zero-order valence-electron chi connectivity index (χ0n) is 14.8. The highest BCUT2D eigenvalue weighted by molar-refractivity contribution is 7.99. The molecule has 2 aromatic carbocycles. The Morgan fingerprint density at radius 1 is 1.23 bits per heavy atom. The normalized spacial score (nSPS) is 15.9. The van der Waals surface area contributed by atoms with E-state index in [1.807, 2.05) is 47.4 Å². The molecule has 0 bridgehead atoms. The first-order valence-electron chi connectivity index (χ1n) is 8.64. The number of rotatable bonds is 4. The van der Waals surface area contributed by atoms with Crippen molar-refractivity contribution in [3.05, 3.63) is 59.7 Å². The number of hydrogen-bond donors (Lipinski definition) is 1. The Kier molecular flexibility index (Phi) is 4.51. The first kappa shape index (κ1) is 16.8. The SMILES string of the molecule is Cc1ccc(-c2nc(SCC(=O)N3c4ccccc4C[C@H]3C)n[nH]2)cc1. The second-order valence-corrected chi connectivity index (χ2v) is 7.51. The van der Waals surface area contributed by atoms with Gasteiger partial charge in [-0.15, -0.1) is 5.10 Å². The number of aromatic amines is 1. The molecule has 0 aliphatic carbocycles. The van der Waals surface area contributed by atoms with Gasteiger partial charge in [-0.05, 0) is 31.9 Å². The average Bonchev–Trinajstić information content (AvgIpc) is 3.24. The second-order valence-electron chi connectivity index (χ2n) is 6.57. The molecule has 4 rings (SSSR count). The molecule has 6 heteroatoms. The van der Waals surface area contributed by atoms with Crippen LogP contribution in [0.5, 0.6) is 0 Å². The summed E-state index contributed by atoms with van der Waals surface area (Å²) in [6, 6.07) is 16.4. The van der Waals surface area contributed by atoms with Gasteiger partial charge in [0.15, 0.2) is 5.82 Å². The Morgan fingerprint density at radius 3 is 2.81 bits per heavy atom. The highest BCUT2D eigenvalue weighted by atomic mass is 32.2. The number of para-hydroxylation sites is 1. The summed E-state index contributed by atoms with van der Waals surface area (Å²) in [4.78, 5) is 19.1. The summed E-state index contributed by atoms with van der Waals surface area (Å²) in [5, 5.41) is 7.78. The summed E-state index contributed by atoms with van der Waals surface area (Å²) in [5.74, 6) is 1.14. The summed E-state index contributed by atoms with van der Waals surface area (Å²) in [6.45, 7) is 4.14. The molecule has 1 atom stereocenters. The number of benzene rings is 2. The quantitative estimate of drug-likeness (QED) is 0.714. The zero-order valence-corrected chi connectivity index (χ0v) is 15.6. The number of nitrogens with zero attached hydrogens (tertiary/aromatic N) is 3. The minimum Gasteiger partial charge on any atom is -0.308 e. The molecule has 1 aliphatic heterocycles. The maximum atomic E-state index is 12.7. The number of aromatic nitrogens is 3. The van der Waals surface area contributed by atoms with E-state index >= 15 is 0 Å². The van der Waals surface area contributed by atoms with Gasteiger partial charge in [-0.2, -0.15) is 0 Å². The van der Waals surface area contributed by atoms with E-state index in [0.717, 1.165) is 23.5 Å². The van der Waals surface area contributed by atoms with Gasteiger partial charge in [-0.1, -0.05) is 59.8 Å². The molecule has 132 valence electrons. The van der Waals surface area contributed by atoms with Gasteiger partial charge in [-0.3, -0.25) is 9.89 Å². The first-order chi connectivity index (χ1) is 12.6. The van der Waals surface area contributed by atoms with Gasteiger partial charge in [0.05, 0.1) is 5.75 Å². The summed E-state index contributed by atoms with van der Waals surface area (Å²) < 4.78 is 0. The minimum absolute atomic E-state index is 0.0918. The van der Waals surface area contributed by atoms with E-state index in [0.29, 0.717) is 10.9 Å². The van der Waals surface area contributed by atoms with Crippen molar-refractivity contribution in [3.8, 4) is 11.4 Å². The fraction of sp³-hybridized carbons (Fsp3) is 0.250. The molecule has 0 saturated carbocycles. The maximum Gasteiger partial charge on any atom is 0.237 e. The van der Waals surface area contributed by atoms with Crippen LogP contribution in [0, 0.1) is 6.92 Å². The summed E-state index contributed by atoms with van der Waals surface area (Å²) in [5.41, 5.74) is 4.45. The van der Waals surface area contributed by atoms with Crippen molar-refractivity contribution in [2.24, 2.45) is 0 Å².